The largest absolute Gasteiger partial charge is 0.493 e. The Morgan fingerprint density at radius 1 is 1.36 bits per heavy atom. The van der Waals surface area contributed by atoms with Crippen molar-refractivity contribution in [3.63, 3.8) is 0 Å². The molecule has 0 aromatic heterocycles. The van der Waals surface area contributed by atoms with Crippen LogP contribution in [-0.4, -0.2) is 7.11 Å². The molecule has 0 amide bonds. The molecular weight excluding hydrogens is 263 g/mol. The Balaban J connectivity index is 3.36. The molecule has 2 N–H and O–H groups in total. The summed E-state index contributed by atoms with van der Waals surface area (Å²) in [6.07, 6.45) is -4.46. The molecule has 0 aliphatic carbocycles. The quantitative estimate of drug-likeness (QED) is 0.796. The van der Waals surface area contributed by atoms with Crippen LogP contribution in [0.5, 0.6) is 5.75 Å². The van der Waals surface area contributed by atoms with E-state index in [4.69, 9.17) is 10.5 Å². The minimum absolute atomic E-state index is 0.000162. The number of nitrogens with two attached hydrogens (primary N) is 1. The Labute approximate surface area is 87.0 Å². The Morgan fingerprint density at radius 2 is 1.93 bits per heavy atom. The summed E-state index contributed by atoms with van der Waals surface area (Å²) in [4.78, 5) is 0. The van der Waals surface area contributed by atoms with Crippen LogP contribution < -0.4 is 10.5 Å². The summed E-state index contributed by atoms with van der Waals surface area (Å²) in [5, 5.41) is 0. The second kappa shape index (κ2) is 3.68. The highest BCUT2D eigenvalue weighted by Crippen LogP contribution is 2.41. The van der Waals surface area contributed by atoms with E-state index in [0.717, 1.165) is 6.07 Å². The van der Waals surface area contributed by atoms with E-state index in [-0.39, 0.29) is 5.75 Å². The van der Waals surface area contributed by atoms with Gasteiger partial charge in [0, 0.05) is 0 Å². The van der Waals surface area contributed by atoms with Crippen molar-refractivity contribution < 1.29 is 17.9 Å². The fraction of sp³-hybridized carbons (Fsp3) is 0.250. The van der Waals surface area contributed by atoms with E-state index in [9.17, 15) is 13.2 Å². The molecule has 78 valence electrons. The average Bonchev–Trinajstić information content (AvgIpc) is 2.02. The Bertz CT molecular complexity index is 351. The van der Waals surface area contributed by atoms with Crippen LogP contribution in [0.3, 0.4) is 0 Å². The van der Waals surface area contributed by atoms with Crippen molar-refractivity contribution in [1.29, 1.82) is 0 Å². The Morgan fingerprint density at radius 3 is 2.36 bits per heavy atom. The predicted octanol–water partition coefficient (Wildman–Crippen LogP) is 3.06. The lowest BCUT2D eigenvalue weighted by atomic mass is 10.1. The molecule has 1 rings (SSSR count). The highest BCUT2D eigenvalue weighted by Gasteiger charge is 2.34. The van der Waals surface area contributed by atoms with Gasteiger partial charge in [-0.15, -0.1) is 0 Å². The van der Waals surface area contributed by atoms with Gasteiger partial charge in [0.1, 0.15) is 0 Å². The highest BCUT2D eigenvalue weighted by atomic mass is 79.9. The standard InChI is InChI=1S/C8H7BrF3NO/c1-14-7-5(9)3-2-4(6(7)13)8(10,11)12/h2-3H,13H2,1H3. The molecule has 1 aromatic rings. The smallest absolute Gasteiger partial charge is 0.418 e. The zero-order valence-electron chi connectivity index (χ0n) is 7.15. The van der Waals surface area contributed by atoms with Crippen molar-refractivity contribution in [2.24, 2.45) is 0 Å². The summed E-state index contributed by atoms with van der Waals surface area (Å²) in [7, 11) is 1.26. The first-order chi connectivity index (χ1) is 6.38. The normalized spacial score (nSPS) is 11.5. The number of hydrogen-bond donors (Lipinski definition) is 1. The maximum absolute atomic E-state index is 12.3. The molecular formula is C8H7BrF3NO. The molecule has 2 nitrogen and oxygen atoms in total. The minimum atomic E-state index is -4.46. The molecule has 14 heavy (non-hydrogen) atoms. The van der Waals surface area contributed by atoms with Crippen molar-refractivity contribution in [3.05, 3.63) is 22.2 Å². The second-order valence-corrected chi connectivity index (χ2v) is 3.39. The van der Waals surface area contributed by atoms with Gasteiger partial charge in [0.05, 0.1) is 22.8 Å². The molecule has 0 radical (unpaired) electrons. The van der Waals surface area contributed by atoms with E-state index in [2.05, 4.69) is 15.9 Å². The lowest BCUT2D eigenvalue weighted by Gasteiger charge is -2.13. The van der Waals surface area contributed by atoms with Crippen molar-refractivity contribution in [2.45, 2.75) is 6.18 Å². The second-order valence-electron chi connectivity index (χ2n) is 2.54. The topological polar surface area (TPSA) is 35.2 Å². The number of methoxy groups -OCH3 is 1. The molecule has 0 spiro atoms. The van der Waals surface area contributed by atoms with Gasteiger partial charge in [-0.1, -0.05) is 0 Å². The summed E-state index contributed by atoms with van der Waals surface area (Å²) in [6, 6.07) is 2.15. The molecule has 6 heteroatoms. The van der Waals surface area contributed by atoms with E-state index < -0.39 is 17.4 Å². The number of anilines is 1. The molecule has 0 aliphatic heterocycles. The van der Waals surface area contributed by atoms with Crippen molar-refractivity contribution in [1.82, 2.24) is 0 Å². The van der Waals surface area contributed by atoms with Crippen LogP contribution in [-0.2, 0) is 6.18 Å². The third kappa shape index (κ3) is 1.95. The Hall–Kier alpha value is -0.910. The highest BCUT2D eigenvalue weighted by molar-refractivity contribution is 9.10. The van der Waals surface area contributed by atoms with Crippen molar-refractivity contribution >= 4 is 21.6 Å². The number of halogens is 4. The van der Waals surface area contributed by atoms with Crippen LogP contribution in [0.25, 0.3) is 0 Å². The number of benzene rings is 1. The number of hydrogen-bond acceptors (Lipinski definition) is 2. The van der Waals surface area contributed by atoms with Gasteiger partial charge in [-0.3, -0.25) is 0 Å². The van der Waals surface area contributed by atoms with Crippen LogP contribution in [0.1, 0.15) is 5.56 Å². The molecule has 0 bridgehead atoms. The van der Waals surface area contributed by atoms with Gasteiger partial charge in [0.2, 0.25) is 0 Å². The summed E-state index contributed by atoms with van der Waals surface area (Å²) >= 11 is 3.04. The first-order valence-electron chi connectivity index (χ1n) is 3.57. The van der Waals surface area contributed by atoms with Crippen molar-refractivity contribution in [2.75, 3.05) is 12.8 Å². The number of rotatable bonds is 1. The molecule has 0 saturated heterocycles. The van der Waals surface area contributed by atoms with E-state index >= 15 is 0 Å². The zero-order chi connectivity index (χ0) is 10.9. The molecule has 0 saturated carbocycles. The van der Waals surface area contributed by atoms with E-state index in [0.29, 0.717) is 4.47 Å². The molecule has 0 aliphatic rings. The monoisotopic (exact) mass is 269 g/mol. The summed E-state index contributed by atoms with van der Waals surface area (Å²) < 4.78 is 42.2. The van der Waals surface area contributed by atoms with Crippen LogP contribution in [0.4, 0.5) is 18.9 Å². The van der Waals surface area contributed by atoms with Crippen LogP contribution in [0.15, 0.2) is 16.6 Å². The molecule has 0 fully saturated rings. The number of alkyl halides is 3. The minimum Gasteiger partial charge on any atom is -0.493 e. The van der Waals surface area contributed by atoms with Gasteiger partial charge in [0.25, 0.3) is 0 Å². The SMILES string of the molecule is COc1c(Br)ccc(C(F)(F)F)c1N. The molecule has 0 heterocycles. The summed E-state index contributed by atoms with van der Waals surface area (Å²) in [5.74, 6) is -0.000162. The fourth-order valence-electron chi connectivity index (χ4n) is 1.03. The lowest BCUT2D eigenvalue weighted by Crippen LogP contribution is -2.10. The Kier molecular flexibility index (Phi) is 2.94. The van der Waals surface area contributed by atoms with Gasteiger partial charge in [-0.05, 0) is 28.1 Å². The van der Waals surface area contributed by atoms with Gasteiger partial charge < -0.3 is 10.5 Å². The summed E-state index contributed by atoms with van der Waals surface area (Å²) in [6.45, 7) is 0. The predicted molar refractivity (Wildman–Crippen MR) is 50.1 cm³/mol. The maximum atomic E-state index is 12.3. The van der Waals surface area contributed by atoms with Gasteiger partial charge in [0.15, 0.2) is 5.75 Å². The van der Waals surface area contributed by atoms with Crippen molar-refractivity contribution in [3.8, 4) is 5.75 Å². The van der Waals surface area contributed by atoms with E-state index in [1.165, 1.54) is 13.2 Å². The average molecular weight is 270 g/mol. The molecule has 1 aromatic carbocycles. The molecule has 0 atom stereocenters. The van der Waals surface area contributed by atoms with Gasteiger partial charge in [-0.25, -0.2) is 0 Å². The molecule has 0 unspecified atom stereocenters. The third-order valence-electron chi connectivity index (χ3n) is 1.66. The fourth-order valence-corrected chi connectivity index (χ4v) is 1.54. The number of nitrogen functional groups attached to an aromatic ring is 1. The first kappa shape index (κ1) is 11.2. The van der Waals surface area contributed by atoms with Crippen LogP contribution in [0.2, 0.25) is 0 Å². The van der Waals surface area contributed by atoms with Crippen LogP contribution in [0, 0.1) is 0 Å². The first-order valence-corrected chi connectivity index (χ1v) is 4.36. The van der Waals surface area contributed by atoms with Gasteiger partial charge in [-0.2, -0.15) is 13.2 Å². The van der Waals surface area contributed by atoms with E-state index in [1.54, 1.807) is 0 Å². The third-order valence-corrected chi connectivity index (χ3v) is 2.28. The lowest BCUT2D eigenvalue weighted by molar-refractivity contribution is -0.137. The maximum Gasteiger partial charge on any atom is 0.418 e. The summed E-state index contributed by atoms with van der Waals surface area (Å²) in [5.41, 5.74) is 4.01. The van der Waals surface area contributed by atoms with E-state index in [1.807, 2.05) is 0 Å². The zero-order valence-corrected chi connectivity index (χ0v) is 8.74. The van der Waals surface area contributed by atoms with Crippen LogP contribution >= 0.6 is 15.9 Å². The van der Waals surface area contributed by atoms with Gasteiger partial charge >= 0.3 is 6.18 Å². The number of ether oxygens (including phenoxy) is 1.